The predicted molar refractivity (Wildman–Crippen MR) is 84.0 cm³/mol. The fourth-order valence-corrected chi connectivity index (χ4v) is 3.27. The van der Waals surface area contributed by atoms with E-state index in [1.807, 2.05) is 11.9 Å². The minimum absolute atomic E-state index is 0.00468. The van der Waals surface area contributed by atoms with Crippen molar-refractivity contribution in [2.45, 2.75) is 45.1 Å². The average molecular weight is 295 g/mol. The summed E-state index contributed by atoms with van der Waals surface area (Å²) in [7, 11) is 1.88. The van der Waals surface area contributed by atoms with Crippen molar-refractivity contribution in [1.82, 2.24) is 4.90 Å². The number of carbonyl (C=O) groups excluding carboxylic acids is 1. The molecule has 1 aliphatic carbocycles. The lowest BCUT2D eigenvalue weighted by atomic mass is 9.84. The van der Waals surface area contributed by atoms with E-state index in [1.54, 1.807) is 18.2 Å². The number of nitrogens with zero attached hydrogens (tertiary/aromatic N) is 1. The molecule has 3 nitrogen and oxygen atoms in total. The molecule has 1 amide bonds. The van der Waals surface area contributed by atoms with Crippen LogP contribution in [-0.4, -0.2) is 23.9 Å². The Morgan fingerprint density at radius 3 is 2.55 bits per heavy atom. The van der Waals surface area contributed by atoms with Gasteiger partial charge < -0.3 is 10.6 Å². The average Bonchev–Trinajstić information content (AvgIpc) is 2.46. The van der Waals surface area contributed by atoms with Gasteiger partial charge in [-0.25, -0.2) is 0 Å². The number of rotatable bonds is 3. The Hall–Kier alpha value is -1.22. The van der Waals surface area contributed by atoms with Crippen molar-refractivity contribution in [1.29, 1.82) is 0 Å². The molecule has 0 radical (unpaired) electrons. The quantitative estimate of drug-likeness (QED) is 0.858. The van der Waals surface area contributed by atoms with E-state index in [2.05, 4.69) is 6.92 Å². The second kappa shape index (κ2) is 6.49. The summed E-state index contributed by atoms with van der Waals surface area (Å²) in [5.74, 6) is 0.824. The number of halogens is 1. The summed E-state index contributed by atoms with van der Waals surface area (Å²) >= 11 is 6.13. The first-order valence-electron chi connectivity index (χ1n) is 7.35. The van der Waals surface area contributed by atoms with Gasteiger partial charge in [0.05, 0.1) is 10.6 Å². The molecule has 1 aromatic rings. The topological polar surface area (TPSA) is 46.3 Å². The molecule has 1 aromatic carbocycles. The minimum atomic E-state index is -0.00468. The molecule has 110 valence electrons. The molecule has 0 atom stereocenters. The number of anilines is 1. The van der Waals surface area contributed by atoms with Gasteiger partial charge in [0.1, 0.15) is 0 Å². The fourth-order valence-electron chi connectivity index (χ4n) is 3.00. The van der Waals surface area contributed by atoms with Gasteiger partial charge in [-0.1, -0.05) is 24.9 Å². The second-order valence-electron chi connectivity index (χ2n) is 5.74. The first-order chi connectivity index (χ1) is 9.52. The van der Waals surface area contributed by atoms with Crippen LogP contribution in [0.3, 0.4) is 0 Å². The molecule has 20 heavy (non-hydrogen) atoms. The maximum atomic E-state index is 12.5. The van der Waals surface area contributed by atoms with Crippen LogP contribution < -0.4 is 5.73 Å². The van der Waals surface area contributed by atoms with Crippen molar-refractivity contribution in [3.8, 4) is 0 Å². The van der Waals surface area contributed by atoms with Crippen LogP contribution in [0, 0.1) is 5.92 Å². The monoisotopic (exact) mass is 294 g/mol. The second-order valence-corrected chi connectivity index (χ2v) is 6.15. The van der Waals surface area contributed by atoms with E-state index >= 15 is 0 Å². The molecule has 0 bridgehead atoms. The van der Waals surface area contributed by atoms with Gasteiger partial charge in [-0.05, 0) is 49.8 Å². The minimum Gasteiger partial charge on any atom is -0.399 e. The van der Waals surface area contributed by atoms with E-state index in [0.29, 0.717) is 22.3 Å². The number of hydrogen-bond acceptors (Lipinski definition) is 2. The molecule has 0 unspecified atom stereocenters. The zero-order chi connectivity index (χ0) is 14.7. The Morgan fingerprint density at radius 1 is 1.35 bits per heavy atom. The fraction of sp³-hybridized carbons (Fsp3) is 0.562. The standard InChI is InChI=1S/C16H23ClN2O/c1-3-11-4-7-13(8-5-11)19(2)16(20)14-9-6-12(18)10-15(14)17/h6,9-11,13H,3-5,7-8,18H2,1-2H3. The van der Waals surface area contributed by atoms with Crippen molar-refractivity contribution >= 4 is 23.2 Å². The van der Waals surface area contributed by atoms with Gasteiger partial charge in [-0.15, -0.1) is 0 Å². The lowest BCUT2D eigenvalue weighted by Gasteiger charge is -2.34. The Bertz CT molecular complexity index is 481. The van der Waals surface area contributed by atoms with E-state index < -0.39 is 0 Å². The van der Waals surface area contributed by atoms with Gasteiger partial charge in [0, 0.05) is 18.8 Å². The third-order valence-corrected chi connectivity index (χ3v) is 4.80. The molecular weight excluding hydrogens is 272 g/mol. The number of benzene rings is 1. The van der Waals surface area contributed by atoms with E-state index in [-0.39, 0.29) is 5.91 Å². The Labute approximate surface area is 126 Å². The largest absolute Gasteiger partial charge is 0.399 e. The summed E-state index contributed by atoms with van der Waals surface area (Å²) in [5.41, 5.74) is 6.79. The highest BCUT2D eigenvalue weighted by Crippen LogP contribution is 2.30. The summed E-state index contributed by atoms with van der Waals surface area (Å²) in [6.07, 6.45) is 5.86. The molecule has 0 heterocycles. The van der Waals surface area contributed by atoms with E-state index in [4.69, 9.17) is 17.3 Å². The number of amides is 1. The molecule has 1 saturated carbocycles. The first kappa shape index (κ1) is 15.2. The highest BCUT2D eigenvalue weighted by Gasteiger charge is 2.27. The van der Waals surface area contributed by atoms with Gasteiger partial charge in [0.15, 0.2) is 0 Å². The Morgan fingerprint density at radius 2 is 2.00 bits per heavy atom. The van der Waals surface area contributed by atoms with Gasteiger partial charge in [0.2, 0.25) is 0 Å². The van der Waals surface area contributed by atoms with Crippen molar-refractivity contribution in [3.05, 3.63) is 28.8 Å². The molecule has 2 rings (SSSR count). The molecule has 1 fully saturated rings. The summed E-state index contributed by atoms with van der Waals surface area (Å²) in [6.45, 7) is 2.24. The summed E-state index contributed by atoms with van der Waals surface area (Å²) < 4.78 is 0. The van der Waals surface area contributed by atoms with Crippen molar-refractivity contribution in [2.75, 3.05) is 12.8 Å². The van der Waals surface area contributed by atoms with Gasteiger partial charge in [0.25, 0.3) is 5.91 Å². The maximum absolute atomic E-state index is 12.5. The van der Waals surface area contributed by atoms with Gasteiger partial charge >= 0.3 is 0 Å². The van der Waals surface area contributed by atoms with Crippen LogP contribution in [0.15, 0.2) is 18.2 Å². The lowest BCUT2D eigenvalue weighted by Crippen LogP contribution is -2.39. The Balaban J connectivity index is 2.05. The van der Waals surface area contributed by atoms with Crippen LogP contribution in [0.4, 0.5) is 5.69 Å². The van der Waals surface area contributed by atoms with Gasteiger partial charge in [-0.2, -0.15) is 0 Å². The van der Waals surface area contributed by atoms with Crippen LogP contribution >= 0.6 is 11.6 Å². The number of hydrogen-bond donors (Lipinski definition) is 1. The maximum Gasteiger partial charge on any atom is 0.255 e. The van der Waals surface area contributed by atoms with E-state index in [9.17, 15) is 4.79 Å². The smallest absolute Gasteiger partial charge is 0.255 e. The molecule has 1 aliphatic rings. The molecule has 4 heteroatoms. The SMILES string of the molecule is CCC1CCC(N(C)C(=O)c2ccc(N)cc2Cl)CC1. The third kappa shape index (κ3) is 3.26. The van der Waals surface area contributed by atoms with Crippen LogP contribution in [0.2, 0.25) is 5.02 Å². The van der Waals surface area contributed by atoms with Gasteiger partial charge in [-0.3, -0.25) is 4.79 Å². The van der Waals surface area contributed by atoms with Crippen LogP contribution in [-0.2, 0) is 0 Å². The Kier molecular flexibility index (Phi) is 4.92. The summed E-state index contributed by atoms with van der Waals surface area (Å²) in [6, 6.07) is 5.41. The van der Waals surface area contributed by atoms with Crippen molar-refractivity contribution < 1.29 is 4.79 Å². The summed E-state index contributed by atoms with van der Waals surface area (Å²) in [5, 5.41) is 0.434. The van der Waals surface area contributed by atoms with Crippen molar-refractivity contribution in [2.24, 2.45) is 5.92 Å². The van der Waals surface area contributed by atoms with Crippen molar-refractivity contribution in [3.63, 3.8) is 0 Å². The first-order valence-corrected chi connectivity index (χ1v) is 7.73. The van der Waals surface area contributed by atoms with Crippen LogP contribution in [0.5, 0.6) is 0 Å². The zero-order valence-electron chi connectivity index (χ0n) is 12.2. The third-order valence-electron chi connectivity index (χ3n) is 4.49. The normalized spacial score (nSPS) is 22.6. The molecule has 2 N–H and O–H groups in total. The predicted octanol–water partition coefficient (Wildman–Crippen LogP) is 3.96. The number of carbonyl (C=O) groups is 1. The molecular formula is C16H23ClN2O. The molecule has 0 aromatic heterocycles. The highest BCUT2D eigenvalue weighted by molar-refractivity contribution is 6.34. The van der Waals surface area contributed by atoms with E-state index in [0.717, 1.165) is 18.8 Å². The van der Waals surface area contributed by atoms with E-state index in [1.165, 1.54) is 19.3 Å². The molecule has 0 saturated heterocycles. The summed E-state index contributed by atoms with van der Waals surface area (Å²) in [4.78, 5) is 14.4. The molecule has 0 spiro atoms. The molecule has 0 aliphatic heterocycles. The highest BCUT2D eigenvalue weighted by atomic mass is 35.5. The van der Waals surface area contributed by atoms with Crippen LogP contribution in [0.1, 0.15) is 49.4 Å². The number of nitrogens with two attached hydrogens (primary N) is 1. The van der Waals surface area contributed by atoms with Crippen LogP contribution in [0.25, 0.3) is 0 Å². The lowest BCUT2D eigenvalue weighted by molar-refractivity contribution is 0.0675. The number of nitrogen functional groups attached to an aromatic ring is 1. The zero-order valence-corrected chi connectivity index (χ0v) is 13.0.